The van der Waals surface area contributed by atoms with Gasteiger partial charge in [0.2, 0.25) is 0 Å². The SMILES string of the molecule is CCOC(=O)CNc1cc(C)c(F)cc1[N+](=O)[O-]. The van der Waals surface area contributed by atoms with Crippen LogP contribution in [-0.2, 0) is 9.53 Å². The lowest BCUT2D eigenvalue weighted by molar-refractivity contribution is -0.384. The number of nitro benzene ring substituents is 1. The van der Waals surface area contributed by atoms with E-state index in [-0.39, 0.29) is 24.4 Å². The highest BCUT2D eigenvalue weighted by atomic mass is 19.1. The lowest BCUT2D eigenvalue weighted by Gasteiger charge is -2.08. The molecule has 98 valence electrons. The zero-order valence-corrected chi connectivity index (χ0v) is 10.0. The van der Waals surface area contributed by atoms with Crippen LogP contribution in [0.1, 0.15) is 12.5 Å². The van der Waals surface area contributed by atoms with Crippen LogP contribution in [0.5, 0.6) is 0 Å². The highest BCUT2D eigenvalue weighted by Crippen LogP contribution is 2.27. The van der Waals surface area contributed by atoms with Gasteiger partial charge in [0.05, 0.1) is 17.6 Å². The smallest absolute Gasteiger partial charge is 0.325 e. The number of ether oxygens (including phenoxy) is 1. The van der Waals surface area contributed by atoms with Crippen molar-refractivity contribution >= 4 is 17.3 Å². The minimum Gasteiger partial charge on any atom is -0.465 e. The summed E-state index contributed by atoms with van der Waals surface area (Å²) in [4.78, 5) is 21.1. The summed E-state index contributed by atoms with van der Waals surface area (Å²) in [5.41, 5.74) is -0.0682. The molecule has 0 aromatic heterocycles. The first-order chi connectivity index (χ1) is 8.45. The van der Waals surface area contributed by atoms with Gasteiger partial charge in [-0.3, -0.25) is 14.9 Å². The lowest BCUT2D eigenvalue weighted by atomic mass is 10.2. The first kappa shape index (κ1) is 13.9. The number of hydrogen-bond donors (Lipinski definition) is 1. The van der Waals surface area contributed by atoms with Crippen molar-refractivity contribution in [1.29, 1.82) is 0 Å². The molecule has 0 aliphatic rings. The van der Waals surface area contributed by atoms with Crippen molar-refractivity contribution in [3.8, 4) is 0 Å². The summed E-state index contributed by atoms with van der Waals surface area (Å²) in [6, 6.07) is 2.11. The Hall–Kier alpha value is -2.18. The summed E-state index contributed by atoms with van der Waals surface area (Å²) < 4.78 is 17.9. The molecular weight excluding hydrogens is 243 g/mol. The van der Waals surface area contributed by atoms with Crippen molar-refractivity contribution in [1.82, 2.24) is 0 Å². The number of carbonyl (C=O) groups is 1. The van der Waals surface area contributed by atoms with E-state index >= 15 is 0 Å². The molecule has 6 nitrogen and oxygen atoms in total. The van der Waals surface area contributed by atoms with Gasteiger partial charge in [-0.1, -0.05) is 0 Å². The molecule has 0 atom stereocenters. The number of nitrogens with zero attached hydrogens (tertiary/aromatic N) is 1. The molecule has 0 aliphatic carbocycles. The fraction of sp³-hybridized carbons (Fsp3) is 0.364. The normalized spacial score (nSPS) is 9.94. The second kappa shape index (κ2) is 5.95. The minimum atomic E-state index is -0.712. The van der Waals surface area contributed by atoms with Gasteiger partial charge in [0.1, 0.15) is 18.0 Å². The number of halogens is 1. The third kappa shape index (κ3) is 3.41. The van der Waals surface area contributed by atoms with E-state index in [9.17, 15) is 19.3 Å². The molecule has 0 spiro atoms. The van der Waals surface area contributed by atoms with Gasteiger partial charge in [-0.2, -0.15) is 0 Å². The number of nitro groups is 1. The number of benzene rings is 1. The van der Waals surface area contributed by atoms with E-state index in [1.54, 1.807) is 6.92 Å². The molecule has 0 amide bonds. The van der Waals surface area contributed by atoms with E-state index in [4.69, 9.17) is 0 Å². The summed E-state index contributed by atoms with van der Waals surface area (Å²) in [6.07, 6.45) is 0. The maximum atomic E-state index is 13.2. The number of anilines is 1. The van der Waals surface area contributed by atoms with Gasteiger partial charge >= 0.3 is 5.97 Å². The van der Waals surface area contributed by atoms with Gasteiger partial charge in [-0.15, -0.1) is 0 Å². The predicted octanol–water partition coefficient (Wildman–Crippen LogP) is 2.02. The lowest BCUT2D eigenvalue weighted by Crippen LogP contribution is -2.17. The third-order valence-corrected chi connectivity index (χ3v) is 2.20. The van der Waals surface area contributed by atoms with Crippen LogP contribution in [0.2, 0.25) is 0 Å². The van der Waals surface area contributed by atoms with Crippen LogP contribution in [0.3, 0.4) is 0 Å². The van der Waals surface area contributed by atoms with Gasteiger partial charge in [0.25, 0.3) is 5.69 Å². The van der Waals surface area contributed by atoms with Gasteiger partial charge in [0.15, 0.2) is 0 Å². The largest absolute Gasteiger partial charge is 0.465 e. The third-order valence-electron chi connectivity index (χ3n) is 2.20. The Bertz CT molecular complexity index is 476. The molecule has 0 saturated heterocycles. The summed E-state index contributed by atoms with van der Waals surface area (Å²) >= 11 is 0. The molecule has 0 saturated carbocycles. The van der Waals surface area contributed by atoms with E-state index in [1.165, 1.54) is 13.0 Å². The van der Waals surface area contributed by atoms with Crippen LogP contribution < -0.4 is 5.32 Å². The molecule has 0 unspecified atom stereocenters. The summed E-state index contributed by atoms with van der Waals surface area (Å²) in [6.45, 7) is 3.15. The van der Waals surface area contributed by atoms with Crippen LogP contribution in [-0.4, -0.2) is 24.0 Å². The number of nitrogens with one attached hydrogen (secondary N) is 1. The standard InChI is InChI=1S/C11H13FN2O4/c1-3-18-11(15)6-13-9-4-7(2)8(12)5-10(9)14(16)17/h4-5,13H,3,6H2,1-2H3. The molecule has 1 N–H and O–H groups in total. The van der Waals surface area contributed by atoms with E-state index in [0.29, 0.717) is 0 Å². The van der Waals surface area contributed by atoms with E-state index in [2.05, 4.69) is 10.1 Å². The Morgan fingerprint density at radius 3 is 2.78 bits per heavy atom. The first-order valence-corrected chi connectivity index (χ1v) is 5.29. The second-order valence-electron chi connectivity index (χ2n) is 3.53. The Morgan fingerprint density at radius 1 is 1.56 bits per heavy atom. The molecule has 0 bridgehead atoms. The van der Waals surface area contributed by atoms with Gasteiger partial charge in [-0.05, 0) is 25.5 Å². The molecule has 1 aromatic rings. The van der Waals surface area contributed by atoms with Crippen LogP contribution in [0.25, 0.3) is 0 Å². The van der Waals surface area contributed by atoms with Crippen LogP contribution in [0.15, 0.2) is 12.1 Å². The van der Waals surface area contributed by atoms with Crippen molar-refractivity contribution in [3.63, 3.8) is 0 Å². The summed E-state index contributed by atoms with van der Waals surface area (Å²) in [5, 5.41) is 13.3. The quantitative estimate of drug-likeness (QED) is 0.495. The Kier molecular flexibility index (Phi) is 4.59. The molecular formula is C11H13FN2O4. The molecule has 1 aromatic carbocycles. The Morgan fingerprint density at radius 2 is 2.22 bits per heavy atom. The first-order valence-electron chi connectivity index (χ1n) is 5.29. The predicted molar refractivity (Wildman–Crippen MR) is 62.9 cm³/mol. The maximum absolute atomic E-state index is 13.2. The monoisotopic (exact) mass is 256 g/mol. The highest BCUT2D eigenvalue weighted by molar-refractivity contribution is 5.76. The number of carbonyl (C=O) groups excluding carboxylic acids is 1. The highest BCUT2D eigenvalue weighted by Gasteiger charge is 2.17. The Labute approximate surface area is 103 Å². The summed E-state index contributed by atoms with van der Waals surface area (Å²) in [7, 11) is 0. The van der Waals surface area contributed by atoms with Crippen molar-refractivity contribution < 1.29 is 18.8 Å². The number of aryl methyl sites for hydroxylation is 1. The summed E-state index contributed by atoms with van der Waals surface area (Å²) in [5.74, 6) is -1.20. The van der Waals surface area contributed by atoms with Crippen molar-refractivity contribution in [2.45, 2.75) is 13.8 Å². The topological polar surface area (TPSA) is 81.5 Å². The van der Waals surface area contributed by atoms with E-state index in [1.807, 2.05) is 0 Å². The van der Waals surface area contributed by atoms with Gasteiger partial charge in [-0.25, -0.2) is 4.39 Å². The molecule has 0 heterocycles. The zero-order valence-electron chi connectivity index (χ0n) is 10.0. The van der Waals surface area contributed by atoms with Gasteiger partial charge in [0, 0.05) is 0 Å². The molecule has 0 aliphatic heterocycles. The minimum absolute atomic E-state index is 0.0898. The van der Waals surface area contributed by atoms with Crippen LogP contribution in [0, 0.1) is 22.9 Å². The van der Waals surface area contributed by atoms with Crippen molar-refractivity contribution in [3.05, 3.63) is 33.6 Å². The van der Waals surface area contributed by atoms with Crippen molar-refractivity contribution in [2.24, 2.45) is 0 Å². The average molecular weight is 256 g/mol. The molecule has 1 rings (SSSR count). The maximum Gasteiger partial charge on any atom is 0.325 e. The number of esters is 1. The van der Waals surface area contributed by atoms with Crippen LogP contribution >= 0.6 is 0 Å². The number of hydrogen-bond acceptors (Lipinski definition) is 5. The Balaban J connectivity index is 2.90. The van der Waals surface area contributed by atoms with E-state index in [0.717, 1.165) is 6.07 Å². The fourth-order valence-corrected chi connectivity index (χ4v) is 1.34. The molecule has 0 fully saturated rings. The molecule has 18 heavy (non-hydrogen) atoms. The zero-order chi connectivity index (χ0) is 13.7. The number of rotatable bonds is 5. The van der Waals surface area contributed by atoms with Crippen LogP contribution in [0.4, 0.5) is 15.8 Å². The fourth-order valence-electron chi connectivity index (χ4n) is 1.34. The van der Waals surface area contributed by atoms with Gasteiger partial charge < -0.3 is 10.1 Å². The second-order valence-corrected chi connectivity index (χ2v) is 3.53. The average Bonchev–Trinajstić information content (AvgIpc) is 2.30. The van der Waals surface area contributed by atoms with E-state index < -0.39 is 22.4 Å². The van der Waals surface area contributed by atoms with Crippen molar-refractivity contribution in [2.75, 3.05) is 18.5 Å². The molecule has 7 heteroatoms. The molecule has 0 radical (unpaired) electrons.